The lowest BCUT2D eigenvalue weighted by Gasteiger charge is -2.38. The Kier molecular flexibility index (Phi) is 10.2. The van der Waals surface area contributed by atoms with E-state index in [1.165, 1.54) is 13.0 Å². The standard InChI is InChI=1S/C29H37ClN4O6/c1-3-38-27-15-25(31)24(30)14-23(27)28(36)32-16-21-18-33(12-13-39-21)17-20-8-10-34(11-9-20)29(37)22-6-4-5-7-26(22)40-19(2)35/h4-7,14-15,20-21H,3,8-13,16-18,31H2,1-2H3,(H,32,36). The molecule has 10 nitrogen and oxygen atoms in total. The van der Waals surface area contributed by atoms with Gasteiger partial charge in [0, 0.05) is 52.3 Å². The zero-order valence-corrected chi connectivity index (χ0v) is 23.7. The number of ether oxygens (including phenoxy) is 3. The molecule has 2 aromatic rings. The molecule has 2 fully saturated rings. The van der Waals surface area contributed by atoms with Crippen molar-refractivity contribution in [1.82, 2.24) is 15.1 Å². The van der Waals surface area contributed by atoms with E-state index in [2.05, 4.69) is 10.2 Å². The molecule has 2 aliphatic rings. The Morgan fingerprint density at radius 1 is 1.10 bits per heavy atom. The molecule has 2 heterocycles. The first-order valence-electron chi connectivity index (χ1n) is 13.7. The summed E-state index contributed by atoms with van der Waals surface area (Å²) in [4.78, 5) is 41.6. The van der Waals surface area contributed by atoms with Gasteiger partial charge in [-0.25, -0.2) is 0 Å². The van der Waals surface area contributed by atoms with Crippen LogP contribution in [0.3, 0.4) is 0 Å². The third-order valence-corrected chi connectivity index (χ3v) is 7.47. The van der Waals surface area contributed by atoms with Crippen molar-refractivity contribution in [2.24, 2.45) is 5.92 Å². The van der Waals surface area contributed by atoms with Gasteiger partial charge in [0.2, 0.25) is 0 Å². The molecule has 2 aromatic carbocycles. The summed E-state index contributed by atoms with van der Waals surface area (Å²) in [6.45, 7) is 8.23. The first-order valence-corrected chi connectivity index (χ1v) is 14.0. The number of benzene rings is 2. The molecule has 0 radical (unpaired) electrons. The third kappa shape index (κ3) is 7.65. The number of nitrogens with one attached hydrogen (secondary N) is 1. The van der Waals surface area contributed by atoms with Crippen LogP contribution in [-0.4, -0.2) is 86.2 Å². The van der Waals surface area contributed by atoms with Crippen LogP contribution in [-0.2, 0) is 9.53 Å². The van der Waals surface area contributed by atoms with E-state index in [-0.39, 0.29) is 17.9 Å². The number of hydrogen-bond acceptors (Lipinski definition) is 8. The number of nitrogens with two attached hydrogens (primary N) is 1. The number of nitrogens with zero attached hydrogens (tertiary/aromatic N) is 2. The van der Waals surface area contributed by atoms with E-state index in [0.29, 0.717) is 78.6 Å². The van der Waals surface area contributed by atoms with E-state index >= 15 is 0 Å². The van der Waals surface area contributed by atoms with Gasteiger partial charge in [-0.05, 0) is 43.9 Å². The van der Waals surface area contributed by atoms with Crippen molar-refractivity contribution in [2.75, 3.05) is 58.2 Å². The Hall–Kier alpha value is -3.34. The number of carbonyl (C=O) groups excluding carboxylic acids is 3. The molecule has 1 unspecified atom stereocenters. The topological polar surface area (TPSA) is 123 Å². The average Bonchev–Trinajstić information content (AvgIpc) is 2.94. The van der Waals surface area contributed by atoms with Crippen LogP contribution >= 0.6 is 11.6 Å². The molecular formula is C29H37ClN4O6. The molecule has 2 aliphatic heterocycles. The summed E-state index contributed by atoms with van der Waals surface area (Å²) in [5.41, 5.74) is 6.97. The Morgan fingerprint density at radius 3 is 2.58 bits per heavy atom. The number of likely N-dealkylation sites (tertiary alicyclic amines) is 1. The fourth-order valence-electron chi connectivity index (χ4n) is 5.13. The second-order valence-electron chi connectivity index (χ2n) is 10.1. The van der Waals surface area contributed by atoms with E-state index < -0.39 is 5.97 Å². The predicted octanol–water partition coefficient (Wildman–Crippen LogP) is 3.23. The van der Waals surface area contributed by atoms with Gasteiger partial charge >= 0.3 is 5.97 Å². The lowest BCUT2D eigenvalue weighted by Crippen LogP contribution is -2.50. The van der Waals surface area contributed by atoms with E-state index in [0.717, 1.165) is 25.9 Å². The Labute approximate surface area is 239 Å². The number of nitrogen functional groups attached to an aromatic ring is 1. The molecule has 0 saturated carbocycles. The third-order valence-electron chi connectivity index (χ3n) is 7.15. The summed E-state index contributed by atoms with van der Waals surface area (Å²) in [7, 11) is 0. The number of piperidine rings is 1. The average molecular weight is 573 g/mol. The van der Waals surface area contributed by atoms with Crippen molar-refractivity contribution in [1.29, 1.82) is 0 Å². The second-order valence-corrected chi connectivity index (χ2v) is 10.5. The molecule has 4 rings (SSSR count). The van der Waals surface area contributed by atoms with Crippen LogP contribution in [0.5, 0.6) is 11.5 Å². The largest absolute Gasteiger partial charge is 0.493 e. The van der Waals surface area contributed by atoms with Gasteiger partial charge < -0.3 is 30.2 Å². The zero-order chi connectivity index (χ0) is 28.6. The number of morpholine rings is 1. The van der Waals surface area contributed by atoms with Gasteiger partial charge in [-0.1, -0.05) is 23.7 Å². The molecule has 40 heavy (non-hydrogen) atoms. The van der Waals surface area contributed by atoms with Crippen LogP contribution < -0.4 is 20.5 Å². The van der Waals surface area contributed by atoms with Crippen LogP contribution in [0.25, 0.3) is 0 Å². The van der Waals surface area contributed by atoms with Crippen LogP contribution in [0.15, 0.2) is 36.4 Å². The molecule has 2 saturated heterocycles. The molecule has 0 aromatic heterocycles. The van der Waals surface area contributed by atoms with Gasteiger partial charge in [0.05, 0.1) is 41.2 Å². The van der Waals surface area contributed by atoms with E-state index in [4.69, 9.17) is 31.5 Å². The highest BCUT2D eigenvalue weighted by atomic mass is 35.5. The highest BCUT2D eigenvalue weighted by Crippen LogP contribution is 2.29. The lowest BCUT2D eigenvalue weighted by molar-refractivity contribution is -0.131. The van der Waals surface area contributed by atoms with Gasteiger partial charge in [0.15, 0.2) is 0 Å². The summed E-state index contributed by atoms with van der Waals surface area (Å²) in [5.74, 6) is 0.278. The quantitative estimate of drug-likeness (QED) is 0.267. The number of halogens is 1. The maximum Gasteiger partial charge on any atom is 0.308 e. The fourth-order valence-corrected chi connectivity index (χ4v) is 5.30. The summed E-state index contributed by atoms with van der Waals surface area (Å²) in [6, 6.07) is 9.94. The number of hydrogen-bond donors (Lipinski definition) is 2. The molecular weight excluding hydrogens is 536 g/mol. The molecule has 0 bridgehead atoms. The smallest absolute Gasteiger partial charge is 0.308 e. The van der Waals surface area contributed by atoms with E-state index in [1.807, 2.05) is 11.8 Å². The van der Waals surface area contributed by atoms with Gasteiger partial charge in [-0.2, -0.15) is 0 Å². The van der Waals surface area contributed by atoms with Crippen molar-refractivity contribution in [3.63, 3.8) is 0 Å². The zero-order valence-electron chi connectivity index (χ0n) is 23.0. The Bertz CT molecular complexity index is 1220. The fraction of sp³-hybridized carbons (Fsp3) is 0.483. The number of amides is 2. The molecule has 3 N–H and O–H groups in total. The number of carbonyl (C=O) groups is 3. The highest BCUT2D eigenvalue weighted by molar-refractivity contribution is 6.33. The predicted molar refractivity (Wildman–Crippen MR) is 152 cm³/mol. The first-order chi connectivity index (χ1) is 19.2. The Morgan fingerprint density at radius 2 is 1.85 bits per heavy atom. The van der Waals surface area contributed by atoms with Crippen LogP contribution in [0, 0.1) is 5.92 Å². The van der Waals surface area contributed by atoms with Crippen molar-refractivity contribution in [3.05, 3.63) is 52.5 Å². The van der Waals surface area contributed by atoms with Gasteiger partial charge in [0.25, 0.3) is 11.8 Å². The summed E-state index contributed by atoms with van der Waals surface area (Å²) >= 11 is 6.14. The monoisotopic (exact) mass is 572 g/mol. The molecule has 0 aliphatic carbocycles. The van der Waals surface area contributed by atoms with E-state index in [9.17, 15) is 14.4 Å². The molecule has 0 spiro atoms. The van der Waals surface area contributed by atoms with Gasteiger partial charge in [-0.3, -0.25) is 19.3 Å². The molecule has 11 heteroatoms. The minimum atomic E-state index is -0.452. The van der Waals surface area contributed by atoms with Crippen molar-refractivity contribution in [3.8, 4) is 11.5 Å². The number of esters is 1. The molecule has 1 atom stereocenters. The molecule has 2 amide bonds. The lowest BCUT2D eigenvalue weighted by atomic mass is 9.95. The van der Waals surface area contributed by atoms with Gasteiger partial charge in [0.1, 0.15) is 11.5 Å². The normalized spacial score (nSPS) is 18.3. The SMILES string of the molecule is CCOc1cc(N)c(Cl)cc1C(=O)NCC1CN(CC2CCN(C(=O)c3ccccc3OC(C)=O)CC2)CCO1. The highest BCUT2D eigenvalue weighted by Gasteiger charge is 2.29. The first kappa shape index (κ1) is 29.6. The van der Waals surface area contributed by atoms with E-state index in [1.54, 1.807) is 30.3 Å². The summed E-state index contributed by atoms with van der Waals surface area (Å²) in [6.07, 6.45) is 1.63. The number of para-hydroxylation sites is 1. The Balaban J connectivity index is 1.25. The minimum Gasteiger partial charge on any atom is -0.493 e. The van der Waals surface area contributed by atoms with Crippen molar-refractivity contribution >= 4 is 35.1 Å². The second kappa shape index (κ2) is 13.8. The maximum absolute atomic E-state index is 13.1. The molecule has 216 valence electrons. The van der Waals surface area contributed by atoms with Crippen LogP contribution in [0.4, 0.5) is 5.69 Å². The summed E-state index contributed by atoms with van der Waals surface area (Å²) in [5, 5.41) is 3.24. The number of rotatable bonds is 9. The van der Waals surface area contributed by atoms with Crippen LogP contribution in [0.2, 0.25) is 5.02 Å². The maximum atomic E-state index is 13.1. The minimum absolute atomic E-state index is 0.118. The van der Waals surface area contributed by atoms with Crippen molar-refractivity contribution in [2.45, 2.75) is 32.8 Å². The van der Waals surface area contributed by atoms with Gasteiger partial charge in [-0.15, -0.1) is 0 Å². The van der Waals surface area contributed by atoms with Crippen LogP contribution in [0.1, 0.15) is 47.4 Å². The number of anilines is 1. The van der Waals surface area contributed by atoms with Crippen molar-refractivity contribution < 1.29 is 28.6 Å². The summed E-state index contributed by atoms with van der Waals surface area (Å²) < 4.78 is 16.7.